The van der Waals surface area contributed by atoms with Crippen LogP contribution in [0.3, 0.4) is 0 Å². The van der Waals surface area contributed by atoms with E-state index in [0.717, 1.165) is 56.8 Å². The van der Waals surface area contributed by atoms with Crippen LogP contribution in [0.2, 0.25) is 0 Å². The van der Waals surface area contributed by atoms with E-state index in [1.807, 2.05) is 29.2 Å². The van der Waals surface area contributed by atoms with Crippen molar-refractivity contribution in [2.75, 3.05) is 25.0 Å². The highest BCUT2D eigenvalue weighted by atomic mass is 16.5. The summed E-state index contributed by atoms with van der Waals surface area (Å²) < 4.78 is 11.8. The third-order valence-electron chi connectivity index (χ3n) is 5.71. The van der Waals surface area contributed by atoms with Gasteiger partial charge in [0.05, 0.1) is 12.2 Å². The van der Waals surface area contributed by atoms with E-state index >= 15 is 0 Å². The number of hydrogen-bond donors (Lipinski definition) is 1. The van der Waals surface area contributed by atoms with Gasteiger partial charge < -0.3 is 19.7 Å². The molecule has 2 amide bonds. The highest BCUT2D eigenvalue weighted by molar-refractivity contribution is 5.89. The fourth-order valence-corrected chi connectivity index (χ4v) is 4.29. The molecule has 2 atom stereocenters. The minimum Gasteiger partial charge on any atom is -0.490 e. The number of urea groups is 1. The predicted molar refractivity (Wildman–Crippen MR) is 97.0 cm³/mol. The van der Waals surface area contributed by atoms with Gasteiger partial charge in [0.25, 0.3) is 0 Å². The normalized spacial score (nSPS) is 27.0. The van der Waals surface area contributed by atoms with Crippen LogP contribution in [0.25, 0.3) is 0 Å². The summed E-state index contributed by atoms with van der Waals surface area (Å²) in [6.07, 6.45) is 8.78. The summed E-state index contributed by atoms with van der Waals surface area (Å²) in [4.78, 5) is 14.5. The molecule has 1 aromatic carbocycles. The number of likely N-dealkylation sites (tertiary alicyclic amines) is 1. The fourth-order valence-electron chi connectivity index (χ4n) is 4.29. The Labute approximate surface area is 149 Å². The minimum absolute atomic E-state index is 0.00603. The molecular formula is C20H28N2O3. The van der Waals surface area contributed by atoms with E-state index in [2.05, 4.69) is 5.32 Å². The van der Waals surface area contributed by atoms with Gasteiger partial charge in [-0.2, -0.15) is 0 Å². The van der Waals surface area contributed by atoms with E-state index < -0.39 is 0 Å². The zero-order valence-corrected chi connectivity index (χ0v) is 14.8. The van der Waals surface area contributed by atoms with Gasteiger partial charge in [0, 0.05) is 31.3 Å². The number of fused-ring (bicyclic) bond motifs is 1. The Bertz CT molecular complexity index is 583. The second kappa shape index (κ2) is 7.65. The molecule has 1 saturated carbocycles. The predicted octanol–water partition coefficient (Wildman–Crippen LogP) is 4.04. The van der Waals surface area contributed by atoms with E-state index in [9.17, 15) is 4.79 Å². The lowest BCUT2D eigenvalue weighted by atomic mass is 9.89. The Kier molecular flexibility index (Phi) is 5.11. The molecule has 1 N–H and O–H groups in total. The number of nitrogens with zero attached hydrogens (tertiary/aromatic N) is 1. The summed E-state index contributed by atoms with van der Waals surface area (Å²) in [6, 6.07) is 7.76. The van der Waals surface area contributed by atoms with Crippen LogP contribution < -0.4 is 10.1 Å². The quantitative estimate of drug-likeness (QED) is 0.900. The van der Waals surface area contributed by atoms with E-state index in [0.29, 0.717) is 18.1 Å². The number of amides is 2. The maximum absolute atomic E-state index is 12.5. The molecule has 136 valence electrons. The lowest BCUT2D eigenvalue weighted by Crippen LogP contribution is -2.49. The smallest absolute Gasteiger partial charge is 0.321 e. The molecule has 0 aromatic heterocycles. The number of hydrogen-bond acceptors (Lipinski definition) is 3. The molecule has 25 heavy (non-hydrogen) atoms. The number of piperidine rings is 1. The molecule has 5 heteroatoms. The molecule has 4 rings (SSSR count). The van der Waals surface area contributed by atoms with Crippen molar-refractivity contribution in [1.29, 1.82) is 0 Å². The van der Waals surface area contributed by atoms with Crippen LogP contribution in [0.4, 0.5) is 10.5 Å². The topological polar surface area (TPSA) is 50.8 Å². The zero-order chi connectivity index (χ0) is 17.1. The van der Waals surface area contributed by atoms with Crippen LogP contribution in [0.15, 0.2) is 24.3 Å². The molecule has 5 nitrogen and oxygen atoms in total. The van der Waals surface area contributed by atoms with Crippen LogP contribution in [0.1, 0.15) is 44.9 Å². The summed E-state index contributed by atoms with van der Waals surface area (Å²) in [6.45, 7) is 2.46. The van der Waals surface area contributed by atoms with Crippen molar-refractivity contribution in [2.45, 2.75) is 57.2 Å². The van der Waals surface area contributed by atoms with Gasteiger partial charge in [0.1, 0.15) is 5.75 Å². The Balaban J connectivity index is 1.29. The number of carbonyl (C=O) groups is 1. The van der Waals surface area contributed by atoms with Crippen LogP contribution in [0.5, 0.6) is 5.75 Å². The highest BCUT2D eigenvalue weighted by Gasteiger charge is 2.33. The van der Waals surface area contributed by atoms with Crippen molar-refractivity contribution in [1.82, 2.24) is 4.90 Å². The number of ether oxygens (including phenoxy) is 2. The first kappa shape index (κ1) is 16.7. The van der Waals surface area contributed by atoms with Gasteiger partial charge in [0.2, 0.25) is 0 Å². The first-order valence-corrected chi connectivity index (χ1v) is 9.72. The maximum Gasteiger partial charge on any atom is 0.321 e. The first-order valence-electron chi connectivity index (χ1n) is 9.72. The number of rotatable bonds is 3. The molecule has 1 aromatic rings. The third-order valence-corrected chi connectivity index (χ3v) is 5.71. The van der Waals surface area contributed by atoms with Crippen molar-refractivity contribution in [2.24, 2.45) is 5.92 Å². The Morgan fingerprint density at radius 1 is 1.08 bits per heavy atom. The third kappa shape index (κ3) is 4.09. The highest BCUT2D eigenvalue weighted by Crippen LogP contribution is 2.29. The SMILES string of the molecule is O=C(Nc1ccc(OC2CCCC2)cc1)N1CC[C@@H]2OCCC[C@@H]2C1. The van der Waals surface area contributed by atoms with Gasteiger partial charge in [-0.25, -0.2) is 4.79 Å². The molecule has 0 spiro atoms. The summed E-state index contributed by atoms with van der Waals surface area (Å²) in [5.41, 5.74) is 0.825. The van der Waals surface area contributed by atoms with E-state index in [-0.39, 0.29) is 6.03 Å². The molecule has 0 radical (unpaired) electrons. The molecule has 1 aliphatic carbocycles. The number of carbonyl (C=O) groups excluding carboxylic acids is 1. The van der Waals surface area contributed by atoms with Crippen molar-refractivity contribution < 1.29 is 14.3 Å². The second-order valence-electron chi connectivity index (χ2n) is 7.53. The molecule has 2 saturated heterocycles. The number of benzene rings is 1. The van der Waals surface area contributed by atoms with Crippen molar-refractivity contribution in [3.05, 3.63) is 24.3 Å². The fraction of sp³-hybridized carbons (Fsp3) is 0.650. The molecule has 2 heterocycles. The summed E-state index contributed by atoms with van der Waals surface area (Å²) in [7, 11) is 0. The van der Waals surface area contributed by atoms with E-state index in [4.69, 9.17) is 9.47 Å². The van der Waals surface area contributed by atoms with E-state index in [1.54, 1.807) is 0 Å². The Morgan fingerprint density at radius 2 is 1.88 bits per heavy atom. The van der Waals surface area contributed by atoms with Crippen LogP contribution in [-0.2, 0) is 4.74 Å². The van der Waals surface area contributed by atoms with E-state index in [1.165, 1.54) is 19.3 Å². The summed E-state index contributed by atoms with van der Waals surface area (Å²) in [5, 5.41) is 3.02. The van der Waals surface area contributed by atoms with Gasteiger partial charge in [-0.15, -0.1) is 0 Å². The zero-order valence-electron chi connectivity index (χ0n) is 14.8. The monoisotopic (exact) mass is 344 g/mol. The molecule has 2 aliphatic heterocycles. The summed E-state index contributed by atoms with van der Waals surface area (Å²) in [5.74, 6) is 1.39. The second-order valence-corrected chi connectivity index (χ2v) is 7.53. The lowest BCUT2D eigenvalue weighted by Gasteiger charge is -2.40. The lowest BCUT2D eigenvalue weighted by molar-refractivity contribution is -0.0578. The number of anilines is 1. The summed E-state index contributed by atoms with van der Waals surface area (Å²) >= 11 is 0. The molecule has 0 unspecified atom stereocenters. The largest absolute Gasteiger partial charge is 0.490 e. The maximum atomic E-state index is 12.5. The van der Waals surface area contributed by atoms with Crippen molar-refractivity contribution >= 4 is 11.7 Å². The molecular weight excluding hydrogens is 316 g/mol. The minimum atomic E-state index is -0.00603. The van der Waals surface area contributed by atoms with Gasteiger partial charge in [-0.05, 0) is 69.2 Å². The molecule has 0 bridgehead atoms. The Hall–Kier alpha value is -1.75. The first-order chi connectivity index (χ1) is 12.3. The molecule has 3 aliphatic rings. The van der Waals surface area contributed by atoms with Gasteiger partial charge in [0.15, 0.2) is 0 Å². The van der Waals surface area contributed by atoms with Crippen LogP contribution in [0, 0.1) is 5.92 Å². The average molecular weight is 344 g/mol. The van der Waals surface area contributed by atoms with Crippen LogP contribution in [-0.4, -0.2) is 42.8 Å². The van der Waals surface area contributed by atoms with Gasteiger partial charge >= 0.3 is 6.03 Å². The van der Waals surface area contributed by atoms with Gasteiger partial charge in [-0.3, -0.25) is 0 Å². The van der Waals surface area contributed by atoms with Crippen molar-refractivity contribution in [3.8, 4) is 5.75 Å². The van der Waals surface area contributed by atoms with Crippen molar-refractivity contribution in [3.63, 3.8) is 0 Å². The number of nitrogens with one attached hydrogen (secondary N) is 1. The Morgan fingerprint density at radius 3 is 2.68 bits per heavy atom. The standard InChI is InChI=1S/C20H28N2O3/c23-20(22-12-11-19-15(14-22)4-3-13-24-19)21-16-7-9-18(10-8-16)25-17-5-1-2-6-17/h7-10,15,17,19H,1-6,11-14H2,(H,21,23)/t15-,19+/m1/s1. The van der Waals surface area contributed by atoms with Gasteiger partial charge in [-0.1, -0.05) is 0 Å². The average Bonchev–Trinajstić information content (AvgIpc) is 3.16. The molecule has 3 fully saturated rings. The van der Waals surface area contributed by atoms with Crippen LogP contribution >= 0.6 is 0 Å².